The molecule has 1 fully saturated rings. The summed E-state index contributed by atoms with van der Waals surface area (Å²) in [5.41, 5.74) is 0.393. The van der Waals surface area contributed by atoms with E-state index in [2.05, 4.69) is 15.4 Å². The maximum absolute atomic E-state index is 12.2. The average Bonchev–Trinajstić information content (AvgIpc) is 2.63. The van der Waals surface area contributed by atoms with E-state index in [-0.39, 0.29) is 30.2 Å². The number of ether oxygens (including phenoxy) is 1. The fourth-order valence-corrected chi connectivity index (χ4v) is 2.87. The molecule has 0 unspecified atom stereocenters. The number of halogens is 3. The van der Waals surface area contributed by atoms with E-state index in [1.165, 1.54) is 12.1 Å². The molecule has 29 heavy (non-hydrogen) atoms. The molecule has 2 rings (SSSR count). The number of carbonyl (C=O) groups is 2. The third-order valence-electron chi connectivity index (χ3n) is 4.59. The van der Waals surface area contributed by atoms with Crippen LogP contribution in [0.4, 0.5) is 18.9 Å². The molecule has 0 aromatic heterocycles. The first kappa shape index (κ1) is 23.0. The highest BCUT2D eigenvalue weighted by molar-refractivity contribution is 5.92. The van der Waals surface area contributed by atoms with Crippen LogP contribution < -0.4 is 15.4 Å². The van der Waals surface area contributed by atoms with Crippen LogP contribution in [0.3, 0.4) is 0 Å². The first-order valence-electron chi connectivity index (χ1n) is 9.54. The Bertz CT molecular complexity index is 674. The van der Waals surface area contributed by atoms with Gasteiger partial charge in [-0.15, -0.1) is 13.2 Å². The number of nitrogens with zero attached hydrogens (tertiary/aromatic N) is 2. The van der Waals surface area contributed by atoms with E-state index in [9.17, 15) is 22.8 Å². The highest BCUT2D eigenvalue weighted by atomic mass is 19.4. The number of benzene rings is 1. The molecule has 162 valence electrons. The van der Waals surface area contributed by atoms with Crippen LogP contribution in [0.25, 0.3) is 0 Å². The lowest BCUT2D eigenvalue weighted by Crippen LogP contribution is -2.51. The predicted octanol–water partition coefficient (Wildman–Crippen LogP) is 2.06. The van der Waals surface area contributed by atoms with Crippen molar-refractivity contribution in [3.05, 3.63) is 24.3 Å². The first-order chi connectivity index (χ1) is 13.6. The Labute approximate surface area is 168 Å². The van der Waals surface area contributed by atoms with Crippen molar-refractivity contribution in [1.82, 2.24) is 15.1 Å². The molecule has 0 spiro atoms. The van der Waals surface area contributed by atoms with Gasteiger partial charge in [-0.25, -0.2) is 0 Å². The summed E-state index contributed by atoms with van der Waals surface area (Å²) >= 11 is 0. The van der Waals surface area contributed by atoms with Crippen LogP contribution in [0.1, 0.15) is 20.3 Å². The number of amides is 2. The molecule has 1 aliphatic heterocycles. The molecule has 0 aliphatic carbocycles. The second kappa shape index (κ2) is 10.4. The molecule has 1 saturated heterocycles. The highest BCUT2D eigenvalue weighted by Crippen LogP contribution is 2.23. The number of piperazine rings is 1. The van der Waals surface area contributed by atoms with Crippen molar-refractivity contribution >= 4 is 17.5 Å². The van der Waals surface area contributed by atoms with Gasteiger partial charge in [0.1, 0.15) is 5.75 Å². The Hall–Kier alpha value is -2.33. The molecule has 0 bridgehead atoms. The van der Waals surface area contributed by atoms with E-state index in [0.717, 1.165) is 18.6 Å². The normalized spacial score (nSPS) is 16.9. The van der Waals surface area contributed by atoms with Gasteiger partial charge in [0, 0.05) is 37.9 Å². The van der Waals surface area contributed by atoms with Gasteiger partial charge in [-0.2, -0.15) is 0 Å². The molecule has 10 heteroatoms. The standard InChI is InChI=1S/C19H27F3N4O3/c1-3-14(2)23-17(27)12-25-8-10-26(11-9-25)13-18(28)24-15-4-6-16(7-5-15)29-19(20,21)22/h4-7,14H,3,8-13H2,1-2H3,(H,23,27)(H,24,28)/t14-/m1/s1. The predicted molar refractivity (Wildman–Crippen MR) is 103 cm³/mol. The van der Waals surface area contributed by atoms with Gasteiger partial charge >= 0.3 is 6.36 Å². The largest absolute Gasteiger partial charge is 0.573 e. The summed E-state index contributed by atoms with van der Waals surface area (Å²) in [6.07, 6.45) is -3.87. The van der Waals surface area contributed by atoms with Crippen molar-refractivity contribution in [3.63, 3.8) is 0 Å². The van der Waals surface area contributed by atoms with Gasteiger partial charge in [0.2, 0.25) is 11.8 Å². The molecule has 1 heterocycles. The zero-order valence-electron chi connectivity index (χ0n) is 16.6. The van der Waals surface area contributed by atoms with Crippen LogP contribution in [0.2, 0.25) is 0 Å². The molecular weight excluding hydrogens is 389 g/mol. The number of hydrogen-bond donors (Lipinski definition) is 2. The van der Waals surface area contributed by atoms with E-state index < -0.39 is 6.36 Å². The molecule has 1 aromatic rings. The molecule has 2 N–H and O–H groups in total. The lowest BCUT2D eigenvalue weighted by Gasteiger charge is -2.34. The lowest BCUT2D eigenvalue weighted by atomic mass is 10.2. The SMILES string of the molecule is CC[C@@H](C)NC(=O)CN1CCN(CC(=O)Nc2ccc(OC(F)(F)F)cc2)CC1. The number of anilines is 1. The first-order valence-corrected chi connectivity index (χ1v) is 9.54. The summed E-state index contributed by atoms with van der Waals surface area (Å²) in [6, 6.07) is 5.15. The van der Waals surface area contributed by atoms with Crippen molar-refractivity contribution < 1.29 is 27.5 Å². The van der Waals surface area contributed by atoms with Crippen molar-refractivity contribution in [1.29, 1.82) is 0 Å². The zero-order valence-corrected chi connectivity index (χ0v) is 16.6. The van der Waals surface area contributed by atoms with E-state index in [1.807, 2.05) is 23.6 Å². The maximum Gasteiger partial charge on any atom is 0.573 e. The molecule has 1 aliphatic rings. The molecule has 2 amide bonds. The van der Waals surface area contributed by atoms with Crippen LogP contribution in [0.5, 0.6) is 5.75 Å². The van der Waals surface area contributed by atoms with Crippen molar-refractivity contribution in [2.75, 3.05) is 44.6 Å². The van der Waals surface area contributed by atoms with Gasteiger partial charge in [0.05, 0.1) is 13.1 Å². The molecular formula is C19H27F3N4O3. The van der Waals surface area contributed by atoms with Crippen LogP contribution in [0.15, 0.2) is 24.3 Å². The van der Waals surface area contributed by atoms with Crippen molar-refractivity contribution in [2.45, 2.75) is 32.7 Å². The van der Waals surface area contributed by atoms with E-state index in [1.54, 1.807) is 0 Å². The summed E-state index contributed by atoms with van der Waals surface area (Å²) in [5.74, 6) is -0.593. The Morgan fingerprint density at radius 1 is 1.03 bits per heavy atom. The number of alkyl halides is 3. The maximum atomic E-state index is 12.2. The molecule has 7 nitrogen and oxygen atoms in total. The topological polar surface area (TPSA) is 73.9 Å². The number of carbonyl (C=O) groups excluding carboxylic acids is 2. The van der Waals surface area contributed by atoms with Gasteiger partial charge < -0.3 is 15.4 Å². The Kier molecular flexibility index (Phi) is 8.27. The zero-order chi connectivity index (χ0) is 21.4. The van der Waals surface area contributed by atoms with E-state index in [4.69, 9.17) is 0 Å². The second-order valence-corrected chi connectivity index (χ2v) is 7.05. The number of rotatable bonds is 8. The lowest BCUT2D eigenvalue weighted by molar-refractivity contribution is -0.274. The van der Waals surface area contributed by atoms with Crippen LogP contribution in [-0.2, 0) is 9.59 Å². The van der Waals surface area contributed by atoms with Gasteiger partial charge in [0.25, 0.3) is 0 Å². The summed E-state index contributed by atoms with van der Waals surface area (Å²) in [6.45, 7) is 7.18. The third-order valence-corrected chi connectivity index (χ3v) is 4.59. The fraction of sp³-hybridized carbons (Fsp3) is 0.579. The van der Waals surface area contributed by atoms with Crippen LogP contribution >= 0.6 is 0 Å². The summed E-state index contributed by atoms with van der Waals surface area (Å²) < 4.78 is 40.3. The molecule has 1 atom stereocenters. The minimum Gasteiger partial charge on any atom is -0.406 e. The van der Waals surface area contributed by atoms with E-state index in [0.29, 0.717) is 38.4 Å². The highest BCUT2D eigenvalue weighted by Gasteiger charge is 2.31. The van der Waals surface area contributed by atoms with Gasteiger partial charge in [-0.05, 0) is 37.6 Å². The number of hydrogen-bond acceptors (Lipinski definition) is 5. The van der Waals surface area contributed by atoms with E-state index >= 15 is 0 Å². The minimum absolute atomic E-state index is 0.00323. The smallest absolute Gasteiger partial charge is 0.406 e. The summed E-state index contributed by atoms with van der Waals surface area (Å²) in [5, 5.41) is 5.59. The second-order valence-electron chi connectivity index (χ2n) is 7.05. The Morgan fingerprint density at radius 2 is 1.55 bits per heavy atom. The average molecular weight is 416 g/mol. The van der Waals surface area contributed by atoms with Gasteiger partial charge in [-0.3, -0.25) is 19.4 Å². The van der Waals surface area contributed by atoms with Gasteiger partial charge in [0.15, 0.2) is 0 Å². The number of nitrogens with one attached hydrogen (secondary N) is 2. The molecule has 1 aromatic carbocycles. The monoisotopic (exact) mass is 416 g/mol. The van der Waals surface area contributed by atoms with Crippen molar-refractivity contribution in [3.8, 4) is 5.75 Å². The quantitative estimate of drug-likeness (QED) is 0.679. The van der Waals surface area contributed by atoms with Gasteiger partial charge in [-0.1, -0.05) is 6.92 Å². The third kappa shape index (κ3) is 8.70. The van der Waals surface area contributed by atoms with Crippen LogP contribution in [-0.4, -0.2) is 73.3 Å². The molecule has 0 radical (unpaired) electrons. The summed E-state index contributed by atoms with van der Waals surface area (Å²) in [7, 11) is 0. The summed E-state index contributed by atoms with van der Waals surface area (Å²) in [4.78, 5) is 28.1. The fourth-order valence-electron chi connectivity index (χ4n) is 2.87. The van der Waals surface area contributed by atoms with Crippen LogP contribution in [0, 0.1) is 0 Å². The minimum atomic E-state index is -4.75. The molecule has 0 saturated carbocycles. The Balaban J connectivity index is 1.71. The Morgan fingerprint density at radius 3 is 2.03 bits per heavy atom. The van der Waals surface area contributed by atoms with Crippen molar-refractivity contribution in [2.24, 2.45) is 0 Å².